The number of hydrogen-bond acceptors (Lipinski definition) is 8. The zero-order chi connectivity index (χ0) is 22.4. The average Bonchev–Trinajstić information content (AvgIpc) is 2.68. The number of nitrogen functional groups attached to an aromatic ring is 1. The van der Waals surface area contributed by atoms with Gasteiger partial charge >= 0.3 is 6.03 Å². The molecular weight excluding hydrogens is 418 g/mol. The molecule has 0 spiro atoms. The Balaban J connectivity index is 1.53. The maximum absolute atomic E-state index is 12.1. The minimum Gasteiger partial charge on any atom is -0.384 e. The van der Waals surface area contributed by atoms with Gasteiger partial charge in [-0.1, -0.05) is 0 Å². The first-order valence-electron chi connectivity index (χ1n) is 10.1. The molecule has 4 N–H and O–H groups in total. The van der Waals surface area contributed by atoms with E-state index in [0.717, 1.165) is 39.0 Å². The van der Waals surface area contributed by atoms with E-state index >= 15 is 0 Å². The SMILES string of the molecule is CN1CCN(CCNC(=O)Nc2ccc(-c3nc(N)cc(CS(C)(=O)=O)n3)cc2)CC1. The summed E-state index contributed by atoms with van der Waals surface area (Å²) < 4.78 is 23.1. The molecule has 2 amide bonds. The predicted molar refractivity (Wildman–Crippen MR) is 121 cm³/mol. The van der Waals surface area contributed by atoms with Gasteiger partial charge in [0.05, 0.1) is 11.4 Å². The largest absolute Gasteiger partial charge is 0.384 e. The highest BCUT2D eigenvalue weighted by Crippen LogP contribution is 2.20. The van der Waals surface area contributed by atoms with E-state index in [-0.39, 0.29) is 17.6 Å². The van der Waals surface area contributed by atoms with Crippen molar-refractivity contribution >= 4 is 27.4 Å². The molecule has 10 nitrogen and oxygen atoms in total. The number of anilines is 2. The quantitative estimate of drug-likeness (QED) is 0.563. The molecule has 1 saturated heterocycles. The van der Waals surface area contributed by atoms with Crippen molar-refractivity contribution < 1.29 is 13.2 Å². The van der Waals surface area contributed by atoms with Crippen molar-refractivity contribution in [3.63, 3.8) is 0 Å². The van der Waals surface area contributed by atoms with Gasteiger partial charge in [0.25, 0.3) is 0 Å². The molecule has 2 heterocycles. The Morgan fingerprint density at radius 3 is 2.45 bits per heavy atom. The van der Waals surface area contributed by atoms with Gasteiger partial charge in [-0.2, -0.15) is 0 Å². The van der Waals surface area contributed by atoms with Crippen molar-refractivity contribution in [3.05, 3.63) is 36.0 Å². The zero-order valence-corrected chi connectivity index (χ0v) is 18.7. The zero-order valence-electron chi connectivity index (χ0n) is 17.8. The van der Waals surface area contributed by atoms with Gasteiger partial charge in [0.2, 0.25) is 0 Å². The molecule has 168 valence electrons. The van der Waals surface area contributed by atoms with Gasteiger partial charge in [-0.3, -0.25) is 4.90 Å². The van der Waals surface area contributed by atoms with Crippen LogP contribution in [0.2, 0.25) is 0 Å². The number of piperazine rings is 1. The van der Waals surface area contributed by atoms with Crippen LogP contribution < -0.4 is 16.4 Å². The Hall–Kier alpha value is -2.76. The molecule has 1 aromatic carbocycles. The monoisotopic (exact) mass is 447 g/mol. The van der Waals surface area contributed by atoms with Crippen molar-refractivity contribution in [1.29, 1.82) is 0 Å². The van der Waals surface area contributed by atoms with Gasteiger partial charge in [0, 0.05) is 62.8 Å². The second-order valence-corrected chi connectivity index (χ2v) is 9.92. The molecule has 1 aliphatic rings. The van der Waals surface area contributed by atoms with E-state index in [1.165, 1.54) is 6.07 Å². The Bertz CT molecular complexity index is 1000. The fourth-order valence-corrected chi connectivity index (χ4v) is 3.95. The summed E-state index contributed by atoms with van der Waals surface area (Å²) in [5, 5.41) is 5.67. The number of rotatable bonds is 7. The minimum atomic E-state index is -3.24. The third kappa shape index (κ3) is 7.46. The van der Waals surface area contributed by atoms with Gasteiger partial charge in [0.15, 0.2) is 15.7 Å². The van der Waals surface area contributed by atoms with Gasteiger partial charge in [0.1, 0.15) is 5.82 Å². The Morgan fingerprint density at radius 1 is 1.13 bits per heavy atom. The summed E-state index contributed by atoms with van der Waals surface area (Å²) in [4.78, 5) is 25.2. The molecule has 0 atom stereocenters. The lowest BCUT2D eigenvalue weighted by Gasteiger charge is -2.32. The van der Waals surface area contributed by atoms with E-state index in [1.54, 1.807) is 24.3 Å². The number of aromatic nitrogens is 2. The highest BCUT2D eigenvalue weighted by molar-refractivity contribution is 7.89. The molecule has 31 heavy (non-hydrogen) atoms. The highest BCUT2D eigenvalue weighted by Gasteiger charge is 2.14. The maximum Gasteiger partial charge on any atom is 0.319 e. The van der Waals surface area contributed by atoms with E-state index in [1.807, 2.05) is 0 Å². The van der Waals surface area contributed by atoms with Gasteiger partial charge in [-0.15, -0.1) is 0 Å². The smallest absolute Gasteiger partial charge is 0.319 e. The van der Waals surface area contributed by atoms with Crippen molar-refractivity contribution in [3.8, 4) is 11.4 Å². The standard InChI is InChI=1S/C20H29N7O3S/c1-26-9-11-27(12-10-26)8-7-22-20(28)24-16-5-3-15(4-6-16)19-23-17(13-18(21)25-19)14-31(2,29)30/h3-6,13H,7-12,14H2,1-2H3,(H2,21,23,25)(H2,22,24,28). The molecule has 11 heteroatoms. The predicted octanol–water partition coefficient (Wildman–Crippen LogP) is 0.639. The minimum absolute atomic E-state index is 0.200. The molecule has 3 rings (SSSR count). The molecule has 1 aromatic heterocycles. The topological polar surface area (TPSA) is 134 Å². The summed E-state index contributed by atoms with van der Waals surface area (Å²) in [6.45, 7) is 5.52. The summed E-state index contributed by atoms with van der Waals surface area (Å²) in [5.41, 5.74) is 7.44. The van der Waals surface area contributed by atoms with Crippen LogP contribution in [-0.4, -0.2) is 86.8 Å². The molecule has 0 saturated carbocycles. The number of likely N-dealkylation sites (N-methyl/N-ethyl adjacent to an activating group) is 1. The van der Waals surface area contributed by atoms with E-state index in [0.29, 0.717) is 29.3 Å². The van der Waals surface area contributed by atoms with Gasteiger partial charge in [-0.05, 0) is 31.3 Å². The van der Waals surface area contributed by atoms with Crippen LogP contribution in [0.4, 0.5) is 16.3 Å². The molecule has 0 radical (unpaired) electrons. The Morgan fingerprint density at radius 2 is 1.81 bits per heavy atom. The number of carbonyl (C=O) groups excluding carboxylic acids is 1. The molecule has 0 aliphatic carbocycles. The first kappa shape index (κ1) is 22.9. The van der Waals surface area contributed by atoms with Gasteiger partial charge < -0.3 is 21.3 Å². The number of nitrogens with two attached hydrogens (primary N) is 1. The molecule has 0 unspecified atom stereocenters. The molecule has 2 aromatic rings. The lowest BCUT2D eigenvalue weighted by Crippen LogP contribution is -2.47. The van der Waals surface area contributed by atoms with Crippen LogP contribution >= 0.6 is 0 Å². The number of amides is 2. The van der Waals surface area contributed by atoms with Crippen LogP contribution in [-0.2, 0) is 15.6 Å². The summed E-state index contributed by atoms with van der Waals surface area (Å²) in [7, 11) is -1.12. The number of hydrogen-bond donors (Lipinski definition) is 3. The molecule has 0 bridgehead atoms. The van der Waals surface area contributed by atoms with Crippen molar-refractivity contribution in [2.75, 3.05) is 63.6 Å². The van der Waals surface area contributed by atoms with Crippen molar-refractivity contribution in [2.24, 2.45) is 0 Å². The maximum atomic E-state index is 12.1. The number of benzene rings is 1. The summed E-state index contributed by atoms with van der Waals surface area (Å²) in [6.07, 6.45) is 1.14. The normalized spacial score (nSPS) is 15.5. The lowest BCUT2D eigenvalue weighted by atomic mass is 10.2. The fraction of sp³-hybridized carbons (Fsp3) is 0.450. The molecule has 1 fully saturated rings. The third-order valence-corrected chi connectivity index (χ3v) is 5.74. The van der Waals surface area contributed by atoms with Crippen LogP contribution in [0.1, 0.15) is 5.69 Å². The number of nitrogens with zero attached hydrogens (tertiary/aromatic N) is 4. The van der Waals surface area contributed by atoms with Crippen molar-refractivity contribution in [1.82, 2.24) is 25.1 Å². The number of carbonyl (C=O) groups is 1. The first-order valence-corrected chi connectivity index (χ1v) is 12.1. The lowest BCUT2D eigenvalue weighted by molar-refractivity contribution is 0.155. The summed E-state index contributed by atoms with van der Waals surface area (Å²) >= 11 is 0. The molecule has 1 aliphatic heterocycles. The van der Waals surface area contributed by atoms with Crippen LogP contribution in [0, 0.1) is 0 Å². The summed E-state index contributed by atoms with van der Waals surface area (Å²) in [6, 6.07) is 8.15. The molecular formula is C20H29N7O3S. The Kier molecular flexibility index (Phi) is 7.42. The first-order chi connectivity index (χ1) is 14.7. The Labute approximate surface area is 182 Å². The number of urea groups is 1. The van der Waals surface area contributed by atoms with E-state index < -0.39 is 9.84 Å². The van der Waals surface area contributed by atoms with E-state index in [2.05, 4.69) is 37.4 Å². The summed E-state index contributed by atoms with van der Waals surface area (Å²) in [5.74, 6) is 0.327. The van der Waals surface area contributed by atoms with Crippen LogP contribution in [0.15, 0.2) is 30.3 Å². The fourth-order valence-electron chi connectivity index (χ4n) is 3.27. The van der Waals surface area contributed by atoms with E-state index in [9.17, 15) is 13.2 Å². The number of nitrogens with one attached hydrogen (secondary N) is 2. The van der Waals surface area contributed by atoms with Crippen LogP contribution in [0.25, 0.3) is 11.4 Å². The average molecular weight is 448 g/mol. The van der Waals surface area contributed by atoms with Crippen molar-refractivity contribution in [2.45, 2.75) is 5.75 Å². The van der Waals surface area contributed by atoms with Crippen LogP contribution in [0.3, 0.4) is 0 Å². The van der Waals surface area contributed by atoms with Crippen LogP contribution in [0.5, 0.6) is 0 Å². The third-order valence-electron chi connectivity index (χ3n) is 4.92. The van der Waals surface area contributed by atoms with Gasteiger partial charge in [-0.25, -0.2) is 23.2 Å². The second-order valence-electron chi connectivity index (χ2n) is 7.78. The highest BCUT2D eigenvalue weighted by atomic mass is 32.2. The number of sulfone groups is 1. The van der Waals surface area contributed by atoms with E-state index in [4.69, 9.17) is 5.73 Å². The second kappa shape index (κ2) is 10.0.